The molecule has 0 aliphatic rings. The third-order valence-corrected chi connectivity index (χ3v) is 7.64. The molecule has 37 heavy (non-hydrogen) atoms. The van der Waals surface area contributed by atoms with Crippen LogP contribution in [0.15, 0.2) is 82.6 Å². The summed E-state index contributed by atoms with van der Waals surface area (Å²) in [5, 5.41) is 5.09. The summed E-state index contributed by atoms with van der Waals surface area (Å²) in [5.41, 5.74) is 0.637. The van der Waals surface area contributed by atoms with Crippen LogP contribution in [0.25, 0.3) is 0 Å². The number of carbonyl (C=O) groups is 1. The maximum atomic E-state index is 12.9. The predicted molar refractivity (Wildman–Crippen MR) is 129 cm³/mol. The Balaban J connectivity index is 1.93. The van der Waals surface area contributed by atoms with Gasteiger partial charge in [-0.1, -0.05) is 42.2 Å². The summed E-state index contributed by atoms with van der Waals surface area (Å²) in [6, 6.07) is 17.0. The SMILES string of the molecule is NS(=O)(=O)c1ccccc1S(=O)(=O)CC(=O)c1ccc(C#Cc2ccccc2)c(OCCC(F)(F)F)c1. The molecule has 0 saturated heterocycles. The van der Waals surface area contributed by atoms with E-state index in [9.17, 15) is 34.8 Å². The first-order chi connectivity index (χ1) is 17.3. The van der Waals surface area contributed by atoms with Crippen molar-refractivity contribution in [1.29, 1.82) is 0 Å². The molecule has 0 aromatic heterocycles. The van der Waals surface area contributed by atoms with Crippen LogP contribution in [0.4, 0.5) is 13.2 Å². The van der Waals surface area contributed by atoms with E-state index in [2.05, 4.69) is 11.8 Å². The zero-order valence-corrected chi connectivity index (χ0v) is 20.7. The fraction of sp³-hybridized carbons (Fsp3) is 0.160. The summed E-state index contributed by atoms with van der Waals surface area (Å²) in [6.07, 6.45) is -5.73. The monoisotopic (exact) mass is 551 g/mol. The molecule has 0 saturated carbocycles. The van der Waals surface area contributed by atoms with Crippen molar-refractivity contribution < 1.29 is 39.5 Å². The Bertz CT molecular complexity index is 1570. The zero-order valence-electron chi connectivity index (χ0n) is 19.0. The van der Waals surface area contributed by atoms with Crippen molar-refractivity contribution in [2.45, 2.75) is 22.4 Å². The van der Waals surface area contributed by atoms with Crippen LogP contribution in [0, 0.1) is 11.8 Å². The van der Waals surface area contributed by atoms with Crippen LogP contribution in [-0.4, -0.2) is 41.2 Å². The van der Waals surface area contributed by atoms with Gasteiger partial charge in [-0.15, -0.1) is 0 Å². The van der Waals surface area contributed by atoms with E-state index in [-0.39, 0.29) is 16.9 Å². The molecule has 0 heterocycles. The van der Waals surface area contributed by atoms with Gasteiger partial charge in [0.25, 0.3) is 0 Å². The van der Waals surface area contributed by atoms with E-state index in [0.717, 1.165) is 18.2 Å². The van der Waals surface area contributed by atoms with Crippen LogP contribution >= 0.6 is 0 Å². The van der Waals surface area contributed by atoms with E-state index in [4.69, 9.17) is 9.88 Å². The van der Waals surface area contributed by atoms with E-state index in [1.807, 2.05) is 0 Å². The van der Waals surface area contributed by atoms with Crippen molar-refractivity contribution in [2.24, 2.45) is 5.14 Å². The molecule has 7 nitrogen and oxygen atoms in total. The number of halogens is 3. The van der Waals surface area contributed by atoms with Gasteiger partial charge in [0.2, 0.25) is 10.0 Å². The van der Waals surface area contributed by atoms with Gasteiger partial charge >= 0.3 is 6.18 Å². The second-order valence-electron chi connectivity index (χ2n) is 7.71. The number of carbonyl (C=O) groups excluding carboxylic acids is 1. The Morgan fingerprint density at radius 3 is 2.11 bits per heavy atom. The largest absolute Gasteiger partial charge is 0.492 e. The summed E-state index contributed by atoms with van der Waals surface area (Å²) in [4.78, 5) is 11.5. The van der Waals surface area contributed by atoms with Crippen LogP contribution in [0.3, 0.4) is 0 Å². The smallest absolute Gasteiger partial charge is 0.392 e. The molecule has 3 rings (SSSR count). The molecule has 0 bridgehead atoms. The third-order valence-electron chi connectivity index (χ3n) is 4.87. The summed E-state index contributed by atoms with van der Waals surface area (Å²) in [5.74, 6) is 3.42. The van der Waals surface area contributed by atoms with Crippen LogP contribution in [0.5, 0.6) is 5.75 Å². The topological polar surface area (TPSA) is 121 Å². The fourth-order valence-electron chi connectivity index (χ4n) is 3.13. The van der Waals surface area contributed by atoms with Crippen molar-refractivity contribution >= 4 is 25.6 Å². The number of sulfone groups is 1. The highest BCUT2D eigenvalue weighted by atomic mass is 32.2. The van der Waals surface area contributed by atoms with Crippen LogP contribution < -0.4 is 9.88 Å². The number of Topliss-reactive ketones (excluding diaryl/α,β-unsaturated/α-hetero) is 1. The standard InChI is InChI=1S/C25H20F3NO6S2/c26-25(27,28)14-15-35-22-16-20(13-12-19(22)11-10-18-6-2-1-3-7-18)21(30)17-36(31,32)23-8-4-5-9-24(23)37(29,33)34/h1-9,12-13,16H,14-15,17H2,(H2,29,33,34). The molecule has 3 aromatic carbocycles. The van der Waals surface area contributed by atoms with Gasteiger partial charge in [0.15, 0.2) is 15.6 Å². The molecule has 0 spiro atoms. The minimum atomic E-state index is -4.48. The molecule has 194 valence electrons. The zero-order chi connectivity index (χ0) is 27.3. The number of rotatable bonds is 8. The first-order valence-corrected chi connectivity index (χ1v) is 13.7. The minimum Gasteiger partial charge on any atom is -0.492 e. The Hall–Kier alpha value is -3.66. The second kappa shape index (κ2) is 11.2. The molecule has 0 radical (unpaired) electrons. The Labute approximate surface area is 212 Å². The van der Waals surface area contributed by atoms with Gasteiger partial charge in [0, 0.05) is 11.1 Å². The summed E-state index contributed by atoms with van der Waals surface area (Å²) in [7, 11) is -8.85. The number of ketones is 1. The number of hydrogen-bond donors (Lipinski definition) is 1. The van der Waals surface area contributed by atoms with E-state index >= 15 is 0 Å². The molecule has 0 amide bonds. The van der Waals surface area contributed by atoms with Crippen molar-refractivity contribution in [3.63, 3.8) is 0 Å². The number of primary sulfonamides is 1. The maximum Gasteiger partial charge on any atom is 0.392 e. The average Bonchev–Trinajstić information content (AvgIpc) is 2.82. The number of ether oxygens (including phenoxy) is 1. The first kappa shape index (κ1) is 27.9. The maximum absolute atomic E-state index is 12.9. The van der Waals surface area contributed by atoms with Crippen molar-refractivity contribution in [3.05, 3.63) is 89.5 Å². The second-order valence-corrected chi connectivity index (χ2v) is 11.2. The highest BCUT2D eigenvalue weighted by Crippen LogP contribution is 2.26. The Morgan fingerprint density at radius 2 is 1.49 bits per heavy atom. The highest BCUT2D eigenvalue weighted by molar-refractivity contribution is 7.94. The molecule has 0 aliphatic carbocycles. The van der Waals surface area contributed by atoms with Gasteiger partial charge in [-0.05, 0) is 42.5 Å². The lowest BCUT2D eigenvalue weighted by Gasteiger charge is -2.12. The van der Waals surface area contributed by atoms with Crippen LogP contribution in [0.2, 0.25) is 0 Å². The number of hydrogen-bond acceptors (Lipinski definition) is 6. The third kappa shape index (κ3) is 7.91. The average molecular weight is 552 g/mol. The highest BCUT2D eigenvalue weighted by Gasteiger charge is 2.28. The van der Waals surface area contributed by atoms with Crippen molar-refractivity contribution in [2.75, 3.05) is 12.4 Å². The lowest BCUT2D eigenvalue weighted by Crippen LogP contribution is -2.21. The number of nitrogens with two attached hydrogens (primary N) is 1. The molecule has 0 unspecified atom stereocenters. The number of alkyl halides is 3. The van der Waals surface area contributed by atoms with Gasteiger partial charge in [-0.2, -0.15) is 13.2 Å². The summed E-state index contributed by atoms with van der Waals surface area (Å²) in [6.45, 7) is -0.749. The molecular formula is C25H20F3NO6S2. The van der Waals surface area contributed by atoms with Crippen LogP contribution in [-0.2, 0) is 19.9 Å². The Kier molecular flexibility index (Phi) is 8.42. The van der Waals surface area contributed by atoms with E-state index < -0.39 is 60.4 Å². The van der Waals surface area contributed by atoms with Gasteiger partial charge in [-0.25, -0.2) is 22.0 Å². The van der Waals surface area contributed by atoms with E-state index in [0.29, 0.717) is 5.56 Å². The molecule has 0 atom stereocenters. The minimum absolute atomic E-state index is 0.138. The number of sulfonamides is 1. The molecule has 0 fully saturated rings. The molecule has 0 aliphatic heterocycles. The molecule has 2 N–H and O–H groups in total. The van der Waals surface area contributed by atoms with Gasteiger partial charge < -0.3 is 4.74 Å². The van der Waals surface area contributed by atoms with Gasteiger partial charge in [-0.3, -0.25) is 4.79 Å². The normalized spacial score (nSPS) is 11.9. The quantitative estimate of drug-likeness (QED) is 0.337. The summed E-state index contributed by atoms with van der Waals surface area (Å²) < 4.78 is 92.4. The van der Waals surface area contributed by atoms with Gasteiger partial charge in [0.1, 0.15) is 16.4 Å². The van der Waals surface area contributed by atoms with Crippen molar-refractivity contribution in [3.8, 4) is 17.6 Å². The van der Waals surface area contributed by atoms with Crippen LogP contribution in [0.1, 0.15) is 27.9 Å². The molecule has 12 heteroatoms. The first-order valence-electron chi connectivity index (χ1n) is 10.5. The van der Waals surface area contributed by atoms with Crippen molar-refractivity contribution in [1.82, 2.24) is 0 Å². The fourth-order valence-corrected chi connectivity index (χ4v) is 5.81. The molecular weight excluding hydrogens is 531 g/mol. The predicted octanol–water partition coefficient (Wildman–Crippen LogP) is 3.72. The number of benzene rings is 3. The molecule has 3 aromatic rings. The van der Waals surface area contributed by atoms with E-state index in [1.54, 1.807) is 30.3 Å². The van der Waals surface area contributed by atoms with Gasteiger partial charge in [0.05, 0.1) is 23.5 Å². The lowest BCUT2D eigenvalue weighted by atomic mass is 10.1. The summed E-state index contributed by atoms with van der Waals surface area (Å²) >= 11 is 0. The Morgan fingerprint density at radius 1 is 0.865 bits per heavy atom. The lowest BCUT2D eigenvalue weighted by molar-refractivity contribution is -0.139. The van der Waals surface area contributed by atoms with E-state index in [1.165, 1.54) is 24.3 Å².